The smallest absolute Gasteiger partial charge is 0.227 e. The van der Waals surface area contributed by atoms with Gasteiger partial charge in [-0.15, -0.1) is 21.5 Å². The highest BCUT2D eigenvalue weighted by Gasteiger charge is 2.21. The Morgan fingerprint density at radius 1 is 1.21 bits per heavy atom. The van der Waals surface area contributed by atoms with E-state index >= 15 is 0 Å². The zero-order chi connectivity index (χ0) is 16.7. The molecule has 0 aliphatic carbocycles. The number of thiophene rings is 1. The normalized spacial score (nSPS) is 14.0. The fraction of sp³-hybridized carbons (Fsp3) is 0.333. The first-order valence-corrected chi connectivity index (χ1v) is 8.96. The maximum absolute atomic E-state index is 9.62. The van der Waals surface area contributed by atoms with Crippen molar-refractivity contribution in [3.05, 3.63) is 57.0 Å². The first-order valence-electron chi connectivity index (χ1n) is 8.08. The summed E-state index contributed by atoms with van der Waals surface area (Å²) in [6, 6.07) is 7.84. The van der Waals surface area contributed by atoms with Crippen molar-refractivity contribution < 1.29 is 5.11 Å². The van der Waals surface area contributed by atoms with Crippen LogP contribution in [0.1, 0.15) is 27.4 Å². The van der Waals surface area contributed by atoms with Crippen LogP contribution in [0.4, 0.5) is 5.95 Å². The molecule has 124 valence electrons. The lowest BCUT2D eigenvalue weighted by Gasteiger charge is -2.29. The second-order valence-electron chi connectivity index (χ2n) is 6.34. The Morgan fingerprint density at radius 3 is 2.88 bits per heavy atom. The van der Waals surface area contributed by atoms with E-state index in [1.165, 1.54) is 21.6 Å². The molecular formula is C18H20N4OS. The number of hydrogen-bond acceptors (Lipinski definition) is 5. The van der Waals surface area contributed by atoms with Gasteiger partial charge in [-0.25, -0.2) is 0 Å². The number of hydrogen-bond donors (Lipinski definition) is 1. The van der Waals surface area contributed by atoms with E-state index in [4.69, 9.17) is 0 Å². The SMILES string of the molecule is Cc1cc(Cc2nnc(N3CCc4cc(O)ccc4C3)n2C)cs1. The standard InChI is InChI=1S/C18H20N4OS/c1-12-7-13(11-24-12)8-17-19-20-18(21(17)2)22-6-5-14-9-16(23)4-3-15(14)10-22/h3-4,7,9,11,23H,5-6,8,10H2,1-2H3. The number of phenolic OH excluding ortho intramolecular Hbond substituents is 1. The summed E-state index contributed by atoms with van der Waals surface area (Å²) in [6.07, 6.45) is 1.72. The van der Waals surface area contributed by atoms with Crippen LogP contribution in [0.2, 0.25) is 0 Å². The molecule has 5 nitrogen and oxygen atoms in total. The van der Waals surface area contributed by atoms with E-state index in [0.29, 0.717) is 5.75 Å². The molecule has 0 atom stereocenters. The van der Waals surface area contributed by atoms with Gasteiger partial charge in [-0.2, -0.15) is 0 Å². The molecule has 0 saturated carbocycles. The fourth-order valence-electron chi connectivity index (χ4n) is 3.26. The number of aryl methyl sites for hydroxylation is 1. The van der Waals surface area contributed by atoms with Crippen molar-refractivity contribution in [1.29, 1.82) is 0 Å². The molecule has 1 aromatic carbocycles. The molecule has 6 heteroatoms. The topological polar surface area (TPSA) is 54.2 Å². The first kappa shape index (κ1) is 15.2. The number of aromatic hydroxyl groups is 1. The van der Waals surface area contributed by atoms with Gasteiger partial charge in [0, 0.05) is 31.4 Å². The van der Waals surface area contributed by atoms with Gasteiger partial charge in [-0.1, -0.05) is 6.07 Å². The summed E-state index contributed by atoms with van der Waals surface area (Å²) in [5.41, 5.74) is 3.76. The predicted octanol–water partition coefficient (Wildman–Crippen LogP) is 3.04. The Hall–Kier alpha value is -2.34. The first-order chi connectivity index (χ1) is 11.6. The number of rotatable bonds is 3. The molecule has 0 radical (unpaired) electrons. The summed E-state index contributed by atoms with van der Waals surface area (Å²) in [6.45, 7) is 3.82. The summed E-state index contributed by atoms with van der Waals surface area (Å²) in [5.74, 6) is 2.24. The third kappa shape index (κ3) is 2.78. The lowest BCUT2D eigenvalue weighted by atomic mass is 10.00. The summed E-state index contributed by atoms with van der Waals surface area (Å²) < 4.78 is 2.10. The van der Waals surface area contributed by atoms with Gasteiger partial charge < -0.3 is 14.6 Å². The Balaban J connectivity index is 1.56. The van der Waals surface area contributed by atoms with Crippen LogP contribution in [0.25, 0.3) is 0 Å². The highest BCUT2D eigenvalue weighted by atomic mass is 32.1. The quantitative estimate of drug-likeness (QED) is 0.796. The lowest BCUT2D eigenvalue weighted by molar-refractivity contribution is 0.473. The molecule has 0 spiro atoms. The van der Waals surface area contributed by atoms with Gasteiger partial charge in [-0.3, -0.25) is 0 Å². The van der Waals surface area contributed by atoms with Gasteiger partial charge >= 0.3 is 0 Å². The molecule has 0 unspecified atom stereocenters. The Labute approximate surface area is 145 Å². The molecule has 0 fully saturated rings. The third-order valence-corrected chi connectivity index (χ3v) is 5.48. The number of phenols is 1. The van der Waals surface area contributed by atoms with Crippen LogP contribution in [0.3, 0.4) is 0 Å². The molecule has 3 heterocycles. The van der Waals surface area contributed by atoms with E-state index in [9.17, 15) is 5.11 Å². The zero-order valence-corrected chi connectivity index (χ0v) is 14.7. The monoisotopic (exact) mass is 340 g/mol. The Morgan fingerprint density at radius 2 is 2.08 bits per heavy atom. The second kappa shape index (κ2) is 5.94. The molecule has 3 aromatic rings. The molecule has 1 N–H and O–H groups in total. The van der Waals surface area contributed by atoms with E-state index in [2.05, 4.69) is 38.0 Å². The molecule has 24 heavy (non-hydrogen) atoms. The molecular weight excluding hydrogens is 320 g/mol. The van der Waals surface area contributed by atoms with Gasteiger partial charge in [0.15, 0.2) is 0 Å². The average Bonchev–Trinajstić information content (AvgIpc) is 3.14. The van der Waals surface area contributed by atoms with E-state index in [1.807, 2.05) is 19.2 Å². The minimum atomic E-state index is 0.342. The molecule has 0 amide bonds. The molecule has 0 bridgehead atoms. The number of benzene rings is 1. The van der Waals surface area contributed by atoms with Crippen LogP contribution in [0.5, 0.6) is 5.75 Å². The Kier molecular flexibility index (Phi) is 3.76. The highest BCUT2D eigenvalue weighted by molar-refractivity contribution is 7.10. The molecule has 1 aliphatic rings. The van der Waals surface area contributed by atoms with Gasteiger partial charge in [-0.05, 0) is 53.6 Å². The third-order valence-electron chi connectivity index (χ3n) is 4.57. The van der Waals surface area contributed by atoms with Gasteiger partial charge in [0.1, 0.15) is 11.6 Å². The minimum absolute atomic E-state index is 0.342. The van der Waals surface area contributed by atoms with Gasteiger partial charge in [0.2, 0.25) is 5.95 Å². The maximum Gasteiger partial charge on any atom is 0.227 e. The molecule has 4 rings (SSSR count). The van der Waals surface area contributed by atoms with Crippen molar-refractivity contribution in [2.45, 2.75) is 26.3 Å². The molecule has 2 aromatic heterocycles. The summed E-state index contributed by atoms with van der Waals surface area (Å²) in [4.78, 5) is 3.58. The van der Waals surface area contributed by atoms with E-state index < -0.39 is 0 Å². The number of fused-ring (bicyclic) bond motifs is 1. The van der Waals surface area contributed by atoms with E-state index in [1.54, 1.807) is 17.4 Å². The molecule has 1 aliphatic heterocycles. The predicted molar refractivity (Wildman–Crippen MR) is 95.7 cm³/mol. The van der Waals surface area contributed by atoms with Crippen LogP contribution >= 0.6 is 11.3 Å². The molecule has 0 saturated heterocycles. The van der Waals surface area contributed by atoms with Crippen LogP contribution in [0, 0.1) is 6.92 Å². The van der Waals surface area contributed by atoms with Crippen molar-refractivity contribution in [2.75, 3.05) is 11.4 Å². The van der Waals surface area contributed by atoms with Crippen LogP contribution in [-0.2, 0) is 26.4 Å². The van der Waals surface area contributed by atoms with Crippen LogP contribution < -0.4 is 4.90 Å². The van der Waals surface area contributed by atoms with Crippen molar-refractivity contribution in [3.8, 4) is 5.75 Å². The van der Waals surface area contributed by atoms with Gasteiger partial charge in [0.25, 0.3) is 0 Å². The minimum Gasteiger partial charge on any atom is -0.508 e. The summed E-state index contributed by atoms with van der Waals surface area (Å²) in [5, 5.41) is 20.6. The summed E-state index contributed by atoms with van der Waals surface area (Å²) >= 11 is 1.77. The van der Waals surface area contributed by atoms with E-state index in [0.717, 1.165) is 37.7 Å². The largest absolute Gasteiger partial charge is 0.508 e. The zero-order valence-electron chi connectivity index (χ0n) is 13.9. The van der Waals surface area contributed by atoms with Crippen molar-refractivity contribution in [1.82, 2.24) is 14.8 Å². The average molecular weight is 340 g/mol. The number of anilines is 1. The number of aromatic nitrogens is 3. The lowest BCUT2D eigenvalue weighted by Crippen LogP contribution is -2.32. The van der Waals surface area contributed by atoms with Crippen molar-refractivity contribution in [3.63, 3.8) is 0 Å². The Bertz CT molecular complexity index is 883. The van der Waals surface area contributed by atoms with Crippen LogP contribution in [0.15, 0.2) is 29.6 Å². The fourth-order valence-corrected chi connectivity index (χ4v) is 3.97. The van der Waals surface area contributed by atoms with E-state index in [-0.39, 0.29) is 0 Å². The van der Waals surface area contributed by atoms with Gasteiger partial charge in [0.05, 0.1) is 0 Å². The number of nitrogens with zero attached hydrogens (tertiary/aromatic N) is 4. The highest BCUT2D eigenvalue weighted by Crippen LogP contribution is 2.26. The summed E-state index contributed by atoms with van der Waals surface area (Å²) in [7, 11) is 2.04. The van der Waals surface area contributed by atoms with Crippen molar-refractivity contribution in [2.24, 2.45) is 7.05 Å². The van der Waals surface area contributed by atoms with Crippen molar-refractivity contribution >= 4 is 17.3 Å². The second-order valence-corrected chi connectivity index (χ2v) is 7.46. The maximum atomic E-state index is 9.62. The van der Waals surface area contributed by atoms with Crippen LogP contribution in [-0.4, -0.2) is 26.4 Å².